The van der Waals surface area contributed by atoms with Crippen LogP contribution in [0.4, 0.5) is 0 Å². The maximum atomic E-state index is 11.6. The third kappa shape index (κ3) is 5.39. The van der Waals surface area contributed by atoms with E-state index in [1.807, 2.05) is 5.38 Å². The highest BCUT2D eigenvalue weighted by Gasteiger charge is 2.06. The summed E-state index contributed by atoms with van der Waals surface area (Å²) in [4.78, 5) is 30.3. The lowest BCUT2D eigenvalue weighted by atomic mass is 10.3. The summed E-state index contributed by atoms with van der Waals surface area (Å²) in [5, 5.41) is 9.17. The van der Waals surface area contributed by atoms with Gasteiger partial charge in [0.15, 0.2) is 0 Å². The van der Waals surface area contributed by atoms with E-state index in [-0.39, 0.29) is 18.2 Å². The zero-order valence-electron chi connectivity index (χ0n) is 11.6. The van der Waals surface area contributed by atoms with E-state index < -0.39 is 0 Å². The predicted molar refractivity (Wildman–Crippen MR) is 81.2 cm³/mol. The van der Waals surface area contributed by atoms with Gasteiger partial charge in [-0.2, -0.15) is 11.3 Å². The van der Waals surface area contributed by atoms with E-state index in [4.69, 9.17) is 0 Å². The van der Waals surface area contributed by atoms with E-state index in [0.717, 1.165) is 18.7 Å². The minimum atomic E-state index is -0.137. The van der Waals surface area contributed by atoms with Crippen molar-refractivity contribution in [2.24, 2.45) is 0 Å². The van der Waals surface area contributed by atoms with Crippen molar-refractivity contribution in [3.05, 3.63) is 40.6 Å². The van der Waals surface area contributed by atoms with Crippen LogP contribution in [0.5, 0.6) is 0 Å². The lowest BCUT2D eigenvalue weighted by Gasteiger charge is -2.05. The average molecular weight is 306 g/mol. The zero-order valence-corrected chi connectivity index (χ0v) is 12.4. The van der Waals surface area contributed by atoms with Crippen molar-refractivity contribution in [3.8, 4) is 0 Å². The number of carbonyl (C=O) groups excluding carboxylic acids is 2. The summed E-state index contributed by atoms with van der Waals surface area (Å²) < 4.78 is 0. The van der Waals surface area contributed by atoms with Gasteiger partial charge >= 0.3 is 0 Å². The molecular formula is C14H18N4O2S. The van der Waals surface area contributed by atoms with Crippen LogP contribution in [0.15, 0.2) is 29.2 Å². The summed E-state index contributed by atoms with van der Waals surface area (Å²) >= 11 is 1.47. The predicted octanol–water partition coefficient (Wildman–Crippen LogP) is 1.34. The Labute approximate surface area is 127 Å². The molecule has 0 aliphatic heterocycles. The third-order valence-corrected chi connectivity index (χ3v) is 3.57. The molecule has 0 fully saturated rings. The first-order chi connectivity index (χ1) is 10.3. The Morgan fingerprint density at radius 3 is 2.90 bits per heavy atom. The molecule has 0 aliphatic rings. The zero-order chi connectivity index (χ0) is 14.9. The fraction of sp³-hybridized carbons (Fsp3) is 0.357. The minimum Gasteiger partial charge on any atom is -0.356 e. The van der Waals surface area contributed by atoms with Gasteiger partial charge in [0.2, 0.25) is 5.91 Å². The molecular weight excluding hydrogens is 288 g/mol. The summed E-state index contributed by atoms with van der Waals surface area (Å²) in [5.41, 5.74) is 0.638. The highest BCUT2D eigenvalue weighted by molar-refractivity contribution is 7.08. The van der Waals surface area contributed by atoms with Gasteiger partial charge in [0.1, 0.15) is 5.82 Å². The van der Waals surface area contributed by atoms with Crippen LogP contribution in [0.1, 0.15) is 29.0 Å². The van der Waals surface area contributed by atoms with Crippen molar-refractivity contribution in [3.63, 3.8) is 0 Å². The topological polar surface area (TPSA) is 86.9 Å². The number of thiophene rings is 1. The molecule has 2 heterocycles. The van der Waals surface area contributed by atoms with Gasteiger partial charge in [0, 0.05) is 49.3 Å². The molecule has 2 aromatic heterocycles. The maximum Gasteiger partial charge on any atom is 0.252 e. The number of amides is 2. The normalized spacial score (nSPS) is 10.3. The molecule has 3 N–H and O–H groups in total. The van der Waals surface area contributed by atoms with Crippen molar-refractivity contribution >= 4 is 23.2 Å². The van der Waals surface area contributed by atoms with Gasteiger partial charge in [0.05, 0.1) is 0 Å². The number of aryl methyl sites for hydroxylation is 1. The molecule has 6 nitrogen and oxygen atoms in total. The van der Waals surface area contributed by atoms with Gasteiger partial charge in [-0.1, -0.05) is 0 Å². The molecule has 0 bridgehead atoms. The van der Waals surface area contributed by atoms with Gasteiger partial charge < -0.3 is 15.6 Å². The van der Waals surface area contributed by atoms with Gasteiger partial charge in [-0.05, 0) is 17.9 Å². The number of rotatable bonds is 8. The molecule has 0 atom stereocenters. The van der Waals surface area contributed by atoms with E-state index in [1.165, 1.54) is 11.3 Å². The highest BCUT2D eigenvalue weighted by Crippen LogP contribution is 2.05. The first kappa shape index (κ1) is 15.2. The lowest BCUT2D eigenvalue weighted by molar-refractivity contribution is -0.120. The van der Waals surface area contributed by atoms with E-state index in [0.29, 0.717) is 18.7 Å². The van der Waals surface area contributed by atoms with E-state index in [9.17, 15) is 9.59 Å². The van der Waals surface area contributed by atoms with E-state index in [2.05, 4.69) is 20.6 Å². The molecule has 0 saturated heterocycles. The second-order valence-electron chi connectivity index (χ2n) is 4.51. The fourth-order valence-corrected chi connectivity index (χ4v) is 2.43. The average Bonchev–Trinajstić information content (AvgIpc) is 3.16. The fourth-order valence-electron chi connectivity index (χ4n) is 1.79. The van der Waals surface area contributed by atoms with E-state index >= 15 is 0 Å². The van der Waals surface area contributed by atoms with Crippen LogP contribution in [0.2, 0.25) is 0 Å². The Bertz CT molecular complexity index is 552. The number of hydrogen-bond donors (Lipinski definition) is 3. The molecule has 7 heteroatoms. The van der Waals surface area contributed by atoms with Gasteiger partial charge in [-0.15, -0.1) is 0 Å². The molecule has 0 saturated carbocycles. The summed E-state index contributed by atoms with van der Waals surface area (Å²) in [6, 6.07) is 1.76. The number of H-pyrrole nitrogens is 1. The molecule has 2 amide bonds. The van der Waals surface area contributed by atoms with Crippen LogP contribution in [-0.2, 0) is 11.2 Å². The number of imidazole rings is 1. The summed E-state index contributed by atoms with van der Waals surface area (Å²) in [6.45, 7) is 0.955. The Kier molecular flexibility index (Phi) is 5.96. The molecule has 21 heavy (non-hydrogen) atoms. The Morgan fingerprint density at radius 2 is 2.19 bits per heavy atom. The quantitative estimate of drug-likeness (QED) is 0.643. The first-order valence-electron chi connectivity index (χ1n) is 6.81. The molecule has 2 rings (SSSR count). The first-order valence-corrected chi connectivity index (χ1v) is 7.75. The van der Waals surface area contributed by atoms with Crippen LogP contribution in [-0.4, -0.2) is 34.9 Å². The Hall–Kier alpha value is -2.15. The molecule has 0 aliphatic carbocycles. The third-order valence-electron chi connectivity index (χ3n) is 2.89. The summed E-state index contributed by atoms with van der Waals surface area (Å²) in [6.07, 6.45) is 5.42. The molecule has 2 aromatic rings. The Morgan fingerprint density at radius 1 is 1.29 bits per heavy atom. The monoisotopic (exact) mass is 306 g/mol. The number of nitrogens with zero attached hydrogens (tertiary/aromatic N) is 1. The largest absolute Gasteiger partial charge is 0.356 e. The van der Waals surface area contributed by atoms with Crippen LogP contribution in [0.25, 0.3) is 0 Å². The number of hydrogen-bond acceptors (Lipinski definition) is 4. The molecule has 0 spiro atoms. The van der Waals surface area contributed by atoms with Crippen LogP contribution in [0, 0.1) is 0 Å². The smallest absolute Gasteiger partial charge is 0.252 e. The molecule has 112 valence electrons. The number of aromatic amines is 1. The van der Waals surface area contributed by atoms with Crippen LogP contribution >= 0.6 is 11.3 Å². The maximum absolute atomic E-state index is 11.6. The summed E-state index contributed by atoms with van der Waals surface area (Å²) in [7, 11) is 0. The SMILES string of the molecule is O=C(CCNC(=O)c1ccsc1)NCCCc1ncc[nH]1. The number of nitrogens with one attached hydrogen (secondary N) is 3. The van der Waals surface area contributed by atoms with Crippen molar-refractivity contribution in [1.82, 2.24) is 20.6 Å². The summed E-state index contributed by atoms with van der Waals surface area (Å²) in [5.74, 6) is 0.731. The molecule has 0 aromatic carbocycles. The van der Waals surface area contributed by atoms with Gasteiger partial charge in [0.25, 0.3) is 5.91 Å². The van der Waals surface area contributed by atoms with Crippen LogP contribution in [0.3, 0.4) is 0 Å². The van der Waals surface area contributed by atoms with Crippen molar-refractivity contribution in [2.75, 3.05) is 13.1 Å². The second-order valence-corrected chi connectivity index (χ2v) is 5.29. The van der Waals surface area contributed by atoms with E-state index in [1.54, 1.807) is 23.8 Å². The van der Waals surface area contributed by atoms with Gasteiger partial charge in [-0.3, -0.25) is 9.59 Å². The van der Waals surface area contributed by atoms with Crippen LogP contribution < -0.4 is 10.6 Å². The standard InChI is InChI=1S/C14H18N4O2S/c19-13(17-5-1-2-12-15-7-8-16-12)3-6-18-14(20)11-4-9-21-10-11/h4,7-10H,1-3,5-6H2,(H,15,16)(H,17,19)(H,18,20). The Balaban J connectivity index is 1.52. The second kappa shape index (κ2) is 8.21. The van der Waals surface area contributed by atoms with Crippen molar-refractivity contribution in [2.45, 2.75) is 19.3 Å². The highest BCUT2D eigenvalue weighted by atomic mass is 32.1. The molecule has 0 radical (unpaired) electrons. The van der Waals surface area contributed by atoms with Crippen molar-refractivity contribution < 1.29 is 9.59 Å². The lowest BCUT2D eigenvalue weighted by Crippen LogP contribution is -2.31. The minimum absolute atomic E-state index is 0.0555. The van der Waals surface area contributed by atoms with Crippen molar-refractivity contribution in [1.29, 1.82) is 0 Å². The number of aromatic nitrogens is 2. The number of carbonyl (C=O) groups is 2. The molecule has 0 unspecified atom stereocenters. The van der Waals surface area contributed by atoms with Gasteiger partial charge in [-0.25, -0.2) is 4.98 Å².